The highest BCUT2D eigenvalue weighted by atomic mass is 19.1. The van der Waals surface area contributed by atoms with Crippen molar-refractivity contribution in [2.75, 3.05) is 12.4 Å². The SMILES string of the molecule is COc1cccc2c1N[C@@H](c1ccc(F)cc1)[C@H]1CC=C[C@H]21. The highest BCUT2D eigenvalue weighted by Gasteiger charge is 2.38. The molecule has 4 rings (SSSR count). The lowest BCUT2D eigenvalue weighted by atomic mass is 9.77. The van der Waals surface area contributed by atoms with Gasteiger partial charge in [0.25, 0.3) is 0 Å². The van der Waals surface area contributed by atoms with Crippen molar-refractivity contribution in [3.8, 4) is 5.75 Å². The van der Waals surface area contributed by atoms with Gasteiger partial charge in [-0.1, -0.05) is 36.4 Å². The van der Waals surface area contributed by atoms with Gasteiger partial charge in [-0.15, -0.1) is 0 Å². The first-order valence-electron chi connectivity index (χ1n) is 7.63. The molecule has 0 radical (unpaired) electrons. The fraction of sp³-hybridized carbons (Fsp3) is 0.263. The fourth-order valence-corrected chi connectivity index (χ4v) is 3.76. The number of hydrogen-bond donors (Lipinski definition) is 1. The van der Waals surface area contributed by atoms with Crippen LogP contribution in [0.4, 0.5) is 10.1 Å². The second-order valence-electron chi connectivity index (χ2n) is 5.95. The molecule has 22 heavy (non-hydrogen) atoms. The van der Waals surface area contributed by atoms with Crippen LogP contribution >= 0.6 is 0 Å². The second-order valence-corrected chi connectivity index (χ2v) is 5.95. The molecule has 0 saturated carbocycles. The maximum absolute atomic E-state index is 13.2. The molecule has 1 aliphatic carbocycles. The maximum atomic E-state index is 13.2. The van der Waals surface area contributed by atoms with E-state index in [0.717, 1.165) is 23.4 Å². The zero-order chi connectivity index (χ0) is 15.1. The summed E-state index contributed by atoms with van der Waals surface area (Å²) in [6.45, 7) is 0. The molecule has 0 bridgehead atoms. The fourth-order valence-electron chi connectivity index (χ4n) is 3.76. The first-order chi connectivity index (χ1) is 10.8. The Bertz CT molecular complexity index is 723. The van der Waals surface area contributed by atoms with Gasteiger partial charge in [0, 0.05) is 5.92 Å². The minimum atomic E-state index is -0.196. The normalized spacial score (nSPS) is 25.3. The van der Waals surface area contributed by atoms with Crippen molar-refractivity contribution in [2.24, 2.45) is 5.92 Å². The first-order valence-corrected chi connectivity index (χ1v) is 7.63. The molecule has 2 aromatic carbocycles. The Kier molecular flexibility index (Phi) is 3.14. The number of benzene rings is 2. The van der Waals surface area contributed by atoms with E-state index in [0.29, 0.717) is 11.8 Å². The molecule has 1 heterocycles. The molecule has 2 aliphatic rings. The zero-order valence-corrected chi connectivity index (χ0v) is 12.4. The molecule has 0 aromatic heterocycles. The molecule has 112 valence electrons. The molecular weight excluding hydrogens is 277 g/mol. The Labute approximate surface area is 129 Å². The van der Waals surface area contributed by atoms with Gasteiger partial charge in [0.05, 0.1) is 18.8 Å². The van der Waals surface area contributed by atoms with Crippen LogP contribution in [0.25, 0.3) is 0 Å². The van der Waals surface area contributed by atoms with Crippen LogP contribution in [0, 0.1) is 11.7 Å². The zero-order valence-electron chi connectivity index (χ0n) is 12.4. The number of halogens is 1. The molecule has 0 amide bonds. The van der Waals surface area contributed by atoms with Gasteiger partial charge in [-0.05, 0) is 41.7 Å². The average molecular weight is 295 g/mol. The summed E-state index contributed by atoms with van der Waals surface area (Å²) in [5.41, 5.74) is 3.47. The number of allylic oxidation sites excluding steroid dienone is 2. The van der Waals surface area contributed by atoms with Crippen molar-refractivity contribution in [3.05, 3.63) is 71.6 Å². The van der Waals surface area contributed by atoms with Crippen molar-refractivity contribution < 1.29 is 9.13 Å². The Hall–Kier alpha value is -2.29. The number of rotatable bonds is 2. The predicted octanol–water partition coefficient (Wildman–Crippen LogP) is 4.66. The van der Waals surface area contributed by atoms with E-state index in [4.69, 9.17) is 4.74 Å². The molecule has 3 heteroatoms. The van der Waals surface area contributed by atoms with Crippen LogP contribution in [0.15, 0.2) is 54.6 Å². The second kappa shape index (κ2) is 5.16. The molecule has 0 spiro atoms. The molecule has 2 nitrogen and oxygen atoms in total. The van der Waals surface area contributed by atoms with E-state index >= 15 is 0 Å². The lowest BCUT2D eigenvalue weighted by molar-refractivity contribution is 0.397. The van der Waals surface area contributed by atoms with Crippen LogP contribution in [0.2, 0.25) is 0 Å². The number of nitrogens with one attached hydrogen (secondary N) is 1. The highest BCUT2D eigenvalue weighted by Crippen LogP contribution is 2.51. The molecule has 1 aliphatic heterocycles. The first kappa shape index (κ1) is 13.4. The van der Waals surface area contributed by atoms with Crippen LogP contribution in [0.3, 0.4) is 0 Å². The summed E-state index contributed by atoms with van der Waals surface area (Å²) < 4.78 is 18.7. The highest BCUT2D eigenvalue weighted by molar-refractivity contribution is 5.67. The Morgan fingerprint density at radius 2 is 1.95 bits per heavy atom. The summed E-state index contributed by atoms with van der Waals surface area (Å²) in [5.74, 6) is 1.52. The lowest BCUT2D eigenvalue weighted by Crippen LogP contribution is -2.29. The summed E-state index contributed by atoms with van der Waals surface area (Å²) in [6, 6.07) is 13.2. The van der Waals surface area contributed by atoms with Crippen LogP contribution in [0.5, 0.6) is 5.75 Å². The third-order valence-electron chi connectivity index (χ3n) is 4.81. The number of ether oxygens (including phenoxy) is 1. The minimum Gasteiger partial charge on any atom is -0.495 e. The quantitative estimate of drug-likeness (QED) is 0.814. The average Bonchev–Trinajstić information content (AvgIpc) is 3.04. The lowest BCUT2D eigenvalue weighted by Gasteiger charge is -2.38. The monoisotopic (exact) mass is 295 g/mol. The van der Waals surface area contributed by atoms with Gasteiger partial charge < -0.3 is 10.1 Å². The molecule has 0 saturated heterocycles. The molecule has 3 atom stereocenters. The van der Waals surface area contributed by atoms with E-state index in [-0.39, 0.29) is 11.9 Å². The number of anilines is 1. The van der Waals surface area contributed by atoms with Crippen molar-refractivity contribution >= 4 is 5.69 Å². The summed E-state index contributed by atoms with van der Waals surface area (Å²) in [6.07, 6.45) is 5.58. The van der Waals surface area contributed by atoms with Gasteiger partial charge in [0.2, 0.25) is 0 Å². The van der Waals surface area contributed by atoms with Crippen LogP contribution in [-0.4, -0.2) is 7.11 Å². The largest absolute Gasteiger partial charge is 0.495 e. The smallest absolute Gasteiger partial charge is 0.142 e. The Morgan fingerprint density at radius 3 is 2.73 bits per heavy atom. The number of hydrogen-bond acceptors (Lipinski definition) is 2. The van der Waals surface area contributed by atoms with E-state index in [9.17, 15) is 4.39 Å². The third-order valence-corrected chi connectivity index (χ3v) is 4.81. The van der Waals surface area contributed by atoms with Gasteiger partial charge in [-0.25, -0.2) is 4.39 Å². The van der Waals surface area contributed by atoms with Gasteiger partial charge in [0.15, 0.2) is 0 Å². The standard InChI is InChI=1S/C19H18FNO/c1-22-17-7-3-6-16-14-4-2-5-15(14)18(21-19(16)17)12-8-10-13(20)11-9-12/h2-4,6-11,14-15,18,21H,5H2,1H3/t14-,15-,18-/m0/s1. The molecular formula is C19H18FNO. The summed E-state index contributed by atoms with van der Waals surface area (Å²) in [7, 11) is 1.70. The third kappa shape index (κ3) is 2.00. The van der Waals surface area contributed by atoms with E-state index < -0.39 is 0 Å². The maximum Gasteiger partial charge on any atom is 0.142 e. The van der Waals surface area contributed by atoms with E-state index in [1.54, 1.807) is 7.11 Å². The van der Waals surface area contributed by atoms with Gasteiger partial charge in [-0.3, -0.25) is 0 Å². The van der Waals surface area contributed by atoms with Crippen LogP contribution < -0.4 is 10.1 Å². The summed E-state index contributed by atoms with van der Waals surface area (Å²) in [5, 5.41) is 3.64. The molecule has 2 aromatic rings. The topological polar surface area (TPSA) is 21.3 Å². The van der Waals surface area contributed by atoms with E-state index in [1.165, 1.54) is 17.7 Å². The van der Waals surface area contributed by atoms with Crippen molar-refractivity contribution in [3.63, 3.8) is 0 Å². The molecule has 0 unspecified atom stereocenters. The number of para-hydroxylation sites is 1. The van der Waals surface area contributed by atoms with Crippen LogP contribution in [0.1, 0.15) is 29.5 Å². The molecule has 0 fully saturated rings. The van der Waals surface area contributed by atoms with Crippen molar-refractivity contribution in [2.45, 2.75) is 18.4 Å². The van der Waals surface area contributed by atoms with E-state index in [2.05, 4.69) is 23.5 Å². The van der Waals surface area contributed by atoms with Gasteiger partial charge in [-0.2, -0.15) is 0 Å². The minimum absolute atomic E-state index is 0.171. The predicted molar refractivity (Wildman–Crippen MR) is 85.7 cm³/mol. The Balaban J connectivity index is 1.81. The summed E-state index contributed by atoms with van der Waals surface area (Å²) in [4.78, 5) is 0. The van der Waals surface area contributed by atoms with E-state index in [1.807, 2.05) is 24.3 Å². The molecule has 1 N–H and O–H groups in total. The number of methoxy groups -OCH3 is 1. The number of fused-ring (bicyclic) bond motifs is 3. The van der Waals surface area contributed by atoms with Crippen molar-refractivity contribution in [1.82, 2.24) is 0 Å². The Morgan fingerprint density at radius 1 is 1.14 bits per heavy atom. The van der Waals surface area contributed by atoms with Gasteiger partial charge >= 0.3 is 0 Å². The summed E-state index contributed by atoms with van der Waals surface area (Å²) >= 11 is 0. The van der Waals surface area contributed by atoms with Crippen molar-refractivity contribution in [1.29, 1.82) is 0 Å². The van der Waals surface area contributed by atoms with Gasteiger partial charge in [0.1, 0.15) is 11.6 Å². The van der Waals surface area contributed by atoms with Crippen LogP contribution in [-0.2, 0) is 0 Å².